The lowest BCUT2D eigenvalue weighted by Crippen LogP contribution is -2.31. The van der Waals surface area contributed by atoms with E-state index in [9.17, 15) is 13.6 Å². The maximum atomic E-state index is 13.2. The lowest BCUT2D eigenvalue weighted by molar-refractivity contribution is -0.118. The second-order valence-electron chi connectivity index (χ2n) is 5.92. The monoisotopic (exact) mass is 339 g/mol. The number of H-pyrrole nitrogens is 1. The molecule has 124 valence electrons. The molecule has 1 aliphatic carbocycles. The Morgan fingerprint density at radius 1 is 1.26 bits per heavy atom. The van der Waals surface area contributed by atoms with Crippen LogP contribution in [0.5, 0.6) is 0 Å². The Morgan fingerprint density at radius 2 is 2.00 bits per heavy atom. The zero-order valence-corrected chi connectivity index (χ0v) is 13.5. The van der Waals surface area contributed by atoms with Crippen molar-refractivity contribution < 1.29 is 13.6 Å². The maximum absolute atomic E-state index is 13.2. The Bertz CT molecular complexity index is 659. The number of fused-ring (bicyclic) bond motifs is 1. The number of halogens is 2. The van der Waals surface area contributed by atoms with Gasteiger partial charge in [-0.25, -0.2) is 13.8 Å². The molecule has 1 fully saturated rings. The second-order valence-corrected chi connectivity index (χ2v) is 6.89. The van der Waals surface area contributed by atoms with E-state index in [4.69, 9.17) is 0 Å². The number of hydrogen-bond donors (Lipinski definition) is 2. The molecule has 0 radical (unpaired) electrons. The summed E-state index contributed by atoms with van der Waals surface area (Å²) in [4.78, 5) is 18.9. The number of nitrogens with one attached hydrogen (secondary N) is 2. The normalized spacial score (nSPS) is 15.9. The molecule has 1 heterocycles. The highest BCUT2D eigenvalue weighted by Crippen LogP contribution is 2.23. The number of rotatable bonds is 5. The van der Waals surface area contributed by atoms with E-state index < -0.39 is 11.6 Å². The van der Waals surface area contributed by atoms with Gasteiger partial charge >= 0.3 is 0 Å². The minimum atomic E-state index is -0.925. The summed E-state index contributed by atoms with van der Waals surface area (Å²) in [5, 5.41) is 3.44. The summed E-state index contributed by atoms with van der Waals surface area (Å²) in [6, 6.07) is 2.12. The Kier molecular flexibility index (Phi) is 5.15. The first kappa shape index (κ1) is 16.2. The fraction of sp³-hybridized carbons (Fsp3) is 0.500. The number of carbonyl (C=O) groups excluding carboxylic acids is 1. The number of imidazole rings is 1. The lowest BCUT2D eigenvalue weighted by Gasteiger charge is -2.21. The first-order valence-corrected chi connectivity index (χ1v) is 8.84. The van der Waals surface area contributed by atoms with E-state index in [1.54, 1.807) is 0 Å². The summed E-state index contributed by atoms with van der Waals surface area (Å²) in [7, 11) is 0. The van der Waals surface area contributed by atoms with E-state index in [0.29, 0.717) is 22.1 Å². The summed E-state index contributed by atoms with van der Waals surface area (Å²) in [5.41, 5.74) is 0.781. The number of aromatic amines is 1. The van der Waals surface area contributed by atoms with E-state index in [1.165, 1.54) is 43.9 Å². The van der Waals surface area contributed by atoms with E-state index in [2.05, 4.69) is 15.3 Å². The molecule has 0 atom stereocenters. The Hall–Kier alpha value is -1.63. The minimum absolute atomic E-state index is 0.0432. The van der Waals surface area contributed by atoms with Crippen molar-refractivity contribution in [3.8, 4) is 0 Å². The van der Waals surface area contributed by atoms with E-state index >= 15 is 0 Å². The quantitative estimate of drug-likeness (QED) is 0.818. The molecule has 1 aromatic carbocycles. The SMILES string of the molecule is O=C(CSc1nc2cc(F)c(F)cc2[nH]1)NCC1CCCCC1. The van der Waals surface area contributed by atoms with Crippen LogP contribution in [0.2, 0.25) is 0 Å². The van der Waals surface area contributed by atoms with Gasteiger partial charge in [0.25, 0.3) is 0 Å². The van der Waals surface area contributed by atoms with Gasteiger partial charge in [-0.1, -0.05) is 31.0 Å². The van der Waals surface area contributed by atoms with E-state index in [0.717, 1.165) is 18.7 Å². The molecule has 3 rings (SSSR count). The highest BCUT2D eigenvalue weighted by atomic mass is 32.2. The molecule has 2 aromatic rings. The van der Waals surface area contributed by atoms with Crippen molar-refractivity contribution in [3.63, 3.8) is 0 Å². The molecular weight excluding hydrogens is 320 g/mol. The number of aromatic nitrogens is 2. The van der Waals surface area contributed by atoms with Crippen molar-refractivity contribution in [2.24, 2.45) is 5.92 Å². The molecule has 4 nitrogen and oxygen atoms in total. The Labute approximate surface area is 137 Å². The third kappa shape index (κ3) is 4.22. The zero-order chi connectivity index (χ0) is 16.2. The molecule has 1 aromatic heterocycles. The summed E-state index contributed by atoms with van der Waals surface area (Å²) < 4.78 is 26.3. The van der Waals surface area contributed by atoms with Gasteiger partial charge in [-0.2, -0.15) is 0 Å². The van der Waals surface area contributed by atoms with Crippen LogP contribution in [0.1, 0.15) is 32.1 Å². The second kappa shape index (κ2) is 7.29. The van der Waals surface area contributed by atoms with Crippen molar-refractivity contribution in [3.05, 3.63) is 23.8 Å². The number of benzene rings is 1. The largest absolute Gasteiger partial charge is 0.355 e. The molecule has 1 aliphatic rings. The smallest absolute Gasteiger partial charge is 0.230 e. The Morgan fingerprint density at radius 3 is 2.78 bits per heavy atom. The molecule has 2 N–H and O–H groups in total. The van der Waals surface area contributed by atoms with Crippen molar-refractivity contribution in [1.29, 1.82) is 0 Å². The van der Waals surface area contributed by atoms with Gasteiger partial charge in [0.1, 0.15) is 0 Å². The minimum Gasteiger partial charge on any atom is -0.355 e. The predicted octanol–water partition coefficient (Wildman–Crippen LogP) is 3.63. The van der Waals surface area contributed by atoms with Gasteiger partial charge in [0.2, 0.25) is 5.91 Å². The summed E-state index contributed by atoms with van der Waals surface area (Å²) in [5.74, 6) is -1.06. The highest BCUT2D eigenvalue weighted by Gasteiger charge is 2.15. The average Bonchev–Trinajstić information content (AvgIpc) is 2.94. The van der Waals surface area contributed by atoms with Crippen molar-refractivity contribution in [2.75, 3.05) is 12.3 Å². The van der Waals surface area contributed by atoms with Gasteiger partial charge in [-0.05, 0) is 18.8 Å². The fourth-order valence-corrected chi connectivity index (χ4v) is 3.60. The van der Waals surface area contributed by atoms with Crippen molar-refractivity contribution in [2.45, 2.75) is 37.3 Å². The maximum Gasteiger partial charge on any atom is 0.230 e. The first-order valence-electron chi connectivity index (χ1n) is 7.86. The lowest BCUT2D eigenvalue weighted by atomic mass is 9.89. The van der Waals surface area contributed by atoms with Gasteiger partial charge in [0.05, 0.1) is 16.8 Å². The van der Waals surface area contributed by atoms with Gasteiger partial charge < -0.3 is 10.3 Å². The van der Waals surface area contributed by atoms with E-state index in [-0.39, 0.29) is 11.7 Å². The number of carbonyl (C=O) groups is 1. The van der Waals surface area contributed by atoms with Crippen LogP contribution in [0.15, 0.2) is 17.3 Å². The molecule has 0 spiro atoms. The molecule has 1 amide bonds. The number of amides is 1. The summed E-state index contributed by atoms with van der Waals surface area (Å²) >= 11 is 1.23. The molecule has 0 bridgehead atoms. The number of nitrogens with zero attached hydrogens (tertiary/aromatic N) is 1. The molecule has 1 saturated carbocycles. The Balaban J connectivity index is 1.50. The van der Waals surface area contributed by atoms with Gasteiger partial charge in [-0.3, -0.25) is 4.79 Å². The highest BCUT2D eigenvalue weighted by molar-refractivity contribution is 7.99. The first-order chi connectivity index (χ1) is 11.1. The van der Waals surface area contributed by atoms with Gasteiger partial charge in [-0.15, -0.1) is 0 Å². The fourth-order valence-electron chi connectivity index (χ4n) is 2.88. The average molecular weight is 339 g/mol. The molecule has 23 heavy (non-hydrogen) atoms. The van der Waals surface area contributed by atoms with Gasteiger partial charge in [0.15, 0.2) is 16.8 Å². The van der Waals surface area contributed by atoms with Crippen LogP contribution in [0.4, 0.5) is 8.78 Å². The standard InChI is InChI=1S/C16H19F2N3OS/c17-11-6-13-14(7-12(11)18)21-16(20-13)23-9-15(22)19-8-10-4-2-1-3-5-10/h6-7,10H,1-5,8-9H2,(H,19,22)(H,20,21). The molecule has 7 heteroatoms. The molecule has 0 aliphatic heterocycles. The summed E-state index contributed by atoms with van der Waals surface area (Å²) in [6.45, 7) is 0.732. The number of hydrogen-bond acceptors (Lipinski definition) is 3. The van der Waals surface area contributed by atoms with Crippen LogP contribution in [0, 0.1) is 17.6 Å². The van der Waals surface area contributed by atoms with Crippen molar-refractivity contribution in [1.82, 2.24) is 15.3 Å². The van der Waals surface area contributed by atoms with Crippen LogP contribution >= 0.6 is 11.8 Å². The van der Waals surface area contributed by atoms with E-state index in [1.807, 2.05) is 0 Å². The van der Waals surface area contributed by atoms with Crippen LogP contribution in [-0.2, 0) is 4.79 Å². The van der Waals surface area contributed by atoms with Crippen LogP contribution in [0.25, 0.3) is 11.0 Å². The number of thioether (sulfide) groups is 1. The molecule has 0 saturated heterocycles. The zero-order valence-electron chi connectivity index (χ0n) is 12.7. The van der Waals surface area contributed by atoms with Crippen molar-refractivity contribution >= 4 is 28.7 Å². The third-order valence-corrected chi connectivity index (χ3v) is 5.03. The molecular formula is C16H19F2N3OS. The predicted molar refractivity (Wildman–Crippen MR) is 86.3 cm³/mol. The van der Waals surface area contributed by atoms with Crippen LogP contribution < -0.4 is 5.32 Å². The van der Waals surface area contributed by atoms with Gasteiger partial charge in [0, 0.05) is 18.7 Å². The van der Waals surface area contributed by atoms with Crippen LogP contribution in [0.3, 0.4) is 0 Å². The topological polar surface area (TPSA) is 57.8 Å². The van der Waals surface area contributed by atoms with Crippen LogP contribution in [-0.4, -0.2) is 28.2 Å². The third-order valence-electron chi connectivity index (χ3n) is 4.15. The molecule has 0 unspecified atom stereocenters. The summed E-state index contributed by atoms with van der Waals surface area (Å²) in [6.07, 6.45) is 6.18.